The van der Waals surface area contributed by atoms with Gasteiger partial charge in [-0.2, -0.15) is 0 Å². The Morgan fingerprint density at radius 3 is 2.21 bits per heavy atom. The fourth-order valence-corrected chi connectivity index (χ4v) is 4.12. The van der Waals surface area contributed by atoms with Crippen LogP contribution < -0.4 is 10.6 Å². The van der Waals surface area contributed by atoms with Gasteiger partial charge in [-0.3, -0.25) is 4.98 Å². The van der Waals surface area contributed by atoms with Crippen molar-refractivity contribution in [2.75, 3.05) is 6.54 Å². The third-order valence-electron chi connectivity index (χ3n) is 5.92. The number of benzene rings is 2. The topological polar surface area (TPSA) is 97.6 Å². The predicted molar refractivity (Wildman–Crippen MR) is 129 cm³/mol. The number of aromatic nitrogens is 1. The zero-order valence-electron chi connectivity index (χ0n) is 18.4. The molecule has 0 amide bonds. The maximum absolute atomic E-state index is 10.7. The molecular formula is C27H29N3O3. The molecule has 0 radical (unpaired) electrons. The summed E-state index contributed by atoms with van der Waals surface area (Å²) in [7, 11) is 0. The van der Waals surface area contributed by atoms with Gasteiger partial charge in [0.1, 0.15) is 11.5 Å². The highest BCUT2D eigenvalue weighted by molar-refractivity contribution is 5.38. The number of phenolic OH excluding ortho intramolecular Hbond substituents is 2. The number of aliphatic hydroxyl groups is 1. The highest BCUT2D eigenvalue weighted by atomic mass is 16.3. The van der Waals surface area contributed by atoms with Crippen LogP contribution in [0.15, 0.2) is 96.5 Å². The number of nitrogens with one attached hydrogen (secondary N) is 2. The normalized spacial score (nSPS) is 15.4. The van der Waals surface area contributed by atoms with Crippen molar-refractivity contribution >= 4 is 0 Å². The molecule has 4 rings (SSSR count). The smallest absolute Gasteiger partial charge is 0.120 e. The van der Waals surface area contributed by atoms with E-state index >= 15 is 0 Å². The van der Waals surface area contributed by atoms with Crippen molar-refractivity contribution in [3.63, 3.8) is 0 Å². The molecule has 1 aliphatic carbocycles. The minimum atomic E-state index is -0.324. The average molecular weight is 444 g/mol. The SMILES string of the molecule is OC1=C(CNC(c2ccccc2O)C(NCc2ccccc2O)c2ccncc2)C=CCC1. The number of rotatable bonds is 9. The number of hydrogen-bond donors (Lipinski definition) is 5. The van der Waals surface area contributed by atoms with Gasteiger partial charge in [0.25, 0.3) is 0 Å². The summed E-state index contributed by atoms with van der Waals surface area (Å²) in [6.45, 7) is 0.875. The van der Waals surface area contributed by atoms with Crippen molar-refractivity contribution in [3.05, 3.63) is 113 Å². The van der Waals surface area contributed by atoms with Crippen molar-refractivity contribution in [2.45, 2.75) is 31.5 Å². The van der Waals surface area contributed by atoms with Gasteiger partial charge in [0.2, 0.25) is 0 Å². The highest BCUT2D eigenvalue weighted by Crippen LogP contribution is 2.34. The molecule has 0 fully saturated rings. The van der Waals surface area contributed by atoms with E-state index in [0.717, 1.165) is 28.7 Å². The van der Waals surface area contributed by atoms with Gasteiger partial charge >= 0.3 is 0 Å². The van der Waals surface area contributed by atoms with E-state index in [2.05, 4.69) is 21.7 Å². The molecule has 6 heteroatoms. The van der Waals surface area contributed by atoms with Gasteiger partial charge in [0.15, 0.2) is 0 Å². The predicted octanol–water partition coefficient (Wildman–Crippen LogP) is 4.82. The van der Waals surface area contributed by atoms with Crippen molar-refractivity contribution < 1.29 is 15.3 Å². The molecule has 1 aromatic heterocycles. The molecule has 170 valence electrons. The van der Waals surface area contributed by atoms with Crippen molar-refractivity contribution in [2.24, 2.45) is 0 Å². The maximum atomic E-state index is 10.7. The van der Waals surface area contributed by atoms with Crippen LogP contribution in [0.4, 0.5) is 0 Å². The number of aliphatic hydroxyl groups excluding tert-OH is 1. The number of aromatic hydroxyl groups is 2. The molecule has 2 atom stereocenters. The second kappa shape index (κ2) is 10.8. The minimum Gasteiger partial charge on any atom is -0.512 e. The number of pyridine rings is 1. The minimum absolute atomic E-state index is 0.191. The molecule has 1 heterocycles. The van der Waals surface area contributed by atoms with Crippen LogP contribution in [-0.2, 0) is 6.54 Å². The summed E-state index contributed by atoms with van der Waals surface area (Å²) < 4.78 is 0. The third kappa shape index (κ3) is 5.61. The molecule has 0 spiro atoms. The Morgan fingerprint density at radius 2 is 1.48 bits per heavy atom. The van der Waals surface area contributed by atoms with E-state index in [1.807, 2.05) is 42.5 Å². The quantitative estimate of drug-likeness (QED) is 0.325. The summed E-state index contributed by atoms with van der Waals surface area (Å²) in [4.78, 5) is 4.15. The van der Waals surface area contributed by atoms with Gasteiger partial charge in [-0.1, -0.05) is 48.6 Å². The van der Waals surface area contributed by atoms with Crippen LogP contribution in [0, 0.1) is 0 Å². The molecule has 0 saturated carbocycles. The molecule has 6 nitrogen and oxygen atoms in total. The van der Waals surface area contributed by atoms with E-state index in [9.17, 15) is 15.3 Å². The monoisotopic (exact) mass is 443 g/mol. The van der Waals surface area contributed by atoms with E-state index in [0.29, 0.717) is 25.3 Å². The Bertz CT molecular complexity index is 1130. The lowest BCUT2D eigenvalue weighted by atomic mass is 9.92. The number of para-hydroxylation sites is 2. The Hall–Kier alpha value is -3.61. The molecule has 0 saturated heterocycles. The second-order valence-corrected chi connectivity index (χ2v) is 8.10. The van der Waals surface area contributed by atoms with Crippen molar-refractivity contribution in [1.82, 2.24) is 15.6 Å². The van der Waals surface area contributed by atoms with Crippen LogP contribution in [0.3, 0.4) is 0 Å². The zero-order chi connectivity index (χ0) is 23.0. The van der Waals surface area contributed by atoms with Gasteiger partial charge in [-0.15, -0.1) is 0 Å². The fraction of sp³-hybridized carbons (Fsp3) is 0.222. The lowest BCUT2D eigenvalue weighted by Crippen LogP contribution is -2.36. The number of nitrogens with zero attached hydrogens (tertiary/aromatic N) is 1. The Morgan fingerprint density at radius 1 is 0.788 bits per heavy atom. The third-order valence-corrected chi connectivity index (χ3v) is 5.92. The first-order valence-corrected chi connectivity index (χ1v) is 11.1. The second-order valence-electron chi connectivity index (χ2n) is 8.10. The zero-order valence-corrected chi connectivity index (χ0v) is 18.4. The Balaban J connectivity index is 1.68. The van der Waals surface area contributed by atoms with Crippen LogP contribution in [0.5, 0.6) is 11.5 Å². The molecule has 1 aliphatic rings. The molecule has 0 aliphatic heterocycles. The van der Waals surface area contributed by atoms with Gasteiger partial charge in [0, 0.05) is 48.6 Å². The van der Waals surface area contributed by atoms with E-state index in [1.165, 1.54) is 0 Å². The van der Waals surface area contributed by atoms with Crippen LogP contribution in [0.25, 0.3) is 0 Å². The van der Waals surface area contributed by atoms with Crippen LogP contribution in [0.2, 0.25) is 0 Å². The first kappa shape index (κ1) is 22.6. The lowest BCUT2D eigenvalue weighted by Gasteiger charge is -2.31. The molecule has 5 N–H and O–H groups in total. The number of hydrogen-bond acceptors (Lipinski definition) is 6. The highest BCUT2D eigenvalue weighted by Gasteiger charge is 2.27. The van der Waals surface area contributed by atoms with Gasteiger partial charge in [-0.05, 0) is 36.2 Å². The summed E-state index contributed by atoms with van der Waals surface area (Å²) in [6.07, 6.45) is 8.95. The largest absolute Gasteiger partial charge is 0.512 e. The van der Waals surface area contributed by atoms with Crippen LogP contribution in [-0.4, -0.2) is 26.8 Å². The molecule has 3 aromatic rings. The first-order valence-electron chi connectivity index (χ1n) is 11.1. The fourth-order valence-electron chi connectivity index (χ4n) is 4.12. The molecule has 2 aromatic carbocycles. The van der Waals surface area contributed by atoms with E-state index in [1.54, 1.807) is 36.7 Å². The molecule has 0 bridgehead atoms. The summed E-state index contributed by atoms with van der Waals surface area (Å²) in [5, 5.41) is 38.4. The summed E-state index contributed by atoms with van der Waals surface area (Å²) in [6, 6.07) is 17.8. The lowest BCUT2D eigenvalue weighted by molar-refractivity contribution is 0.359. The molecule has 2 unspecified atom stereocenters. The number of allylic oxidation sites excluding steroid dienone is 2. The van der Waals surface area contributed by atoms with Crippen LogP contribution in [0.1, 0.15) is 41.6 Å². The van der Waals surface area contributed by atoms with Crippen molar-refractivity contribution in [3.8, 4) is 11.5 Å². The maximum Gasteiger partial charge on any atom is 0.120 e. The Kier molecular flexibility index (Phi) is 7.40. The summed E-state index contributed by atoms with van der Waals surface area (Å²) >= 11 is 0. The average Bonchev–Trinajstić information content (AvgIpc) is 2.84. The van der Waals surface area contributed by atoms with Gasteiger partial charge < -0.3 is 26.0 Å². The Labute approximate surface area is 194 Å². The van der Waals surface area contributed by atoms with E-state index < -0.39 is 0 Å². The summed E-state index contributed by atoms with van der Waals surface area (Å²) in [5.74, 6) is 0.812. The summed E-state index contributed by atoms with van der Waals surface area (Å²) in [5.41, 5.74) is 3.35. The van der Waals surface area contributed by atoms with Gasteiger partial charge in [0.05, 0.1) is 17.8 Å². The van der Waals surface area contributed by atoms with E-state index in [-0.39, 0.29) is 23.6 Å². The van der Waals surface area contributed by atoms with Crippen LogP contribution >= 0.6 is 0 Å². The standard InChI is InChI=1S/C27H29N3O3/c31-23-10-4-1-7-20(23)17-29-26(19-13-15-28-16-14-19)27(22-9-3-6-12-25(22)33)30-18-21-8-2-5-11-24(21)32/h1-4,6-10,12-16,26-27,29-33H,5,11,17-18H2. The molecule has 33 heavy (non-hydrogen) atoms. The van der Waals surface area contributed by atoms with Gasteiger partial charge in [-0.25, -0.2) is 0 Å². The van der Waals surface area contributed by atoms with E-state index in [4.69, 9.17) is 0 Å². The number of phenols is 2. The molecular weight excluding hydrogens is 414 g/mol. The van der Waals surface area contributed by atoms with Crippen molar-refractivity contribution in [1.29, 1.82) is 0 Å². The first-order chi connectivity index (χ1) is 16.1.